The number of nitrogens with zero attached hydrogens (tertiary/aromatic N) is 4. The average Bonchev–Trinajstić information content (AvgIpc) is 3.22. The fraction of sp³-hybridized carbons (Fsp3) is 0.0213. The normalized spacial score (nSPS) is 10.6. The molecule has 4 aromatic heterocycles. The van der Waals surface area contributed by atoms with E-state index in [0.717, 1.165) is 50.2 Å². The van der Waals surface area contributed by atoms with Gasteiger partial charge in [-0.25, -0.2) is 0 Å². The molecule has 251 valence electrons. The Bertz CT molecular complexity index is 2540. The van der Waals surface area contributed by atoms with Crippen LogP contribution in [0.1, 0.15) is 5.56 Å². The van der Waals surface area contributed by atoms with Crippen LogP contribution >= 0.6 is 0 Å². The van der Waals surface area contributed by atoms with Crippen molar-refractivity contribution in [3.8, 4) is 56.0 Å². The molecule has 0 saturated heterocycles. The monoisotopic (exact) mass is 845 g/mol. The van der Waals surface area contributed by atoms with Crippen molar-refractivity contribution in [2.75, 3.05) is 0 Å². The molecule has 4 heterocycles. The van der Waals surface area contributed by atoms with Crippen LogP contribution in [-0.2, 0) is 20.1 Å². The summed E-state index contributed by atoms with van der Waals surface area (Å²) >= 11 is 0. The SMILES string of the molecule is Cc1c(-c2cc[c-]c(-c3ccccn3)c2)cccc1-c1cc2ncccc2c2ccc(-c3ccccn3)cc12.[Ir].[c-]1ccccc1-c1ccccn1. The third-order valence-electron chi connectivity index (χ3n) is 9.01. The van der Waals surface area contributed by atoms with Crippen molar-refractivity contribution in [2.45, 2.75) is 6.92 Å². The van der Waals surface area contributed by atoms with Crippen LogP contribution in [0.2, 0.25) is 0 Å². The number of benzene rings is 5. The molecule has 0 atom stereocenters. The molecule has 0 amide bonds. The van der Waals surface area contributed by atoms with Crippen LogP contribution in [0.5, 0.6) is 0 Å². The quantitative estimate of drug-likeness (QED) is 0.128. The molecule has 0 N–H and O–H groups in total. The summed E-state index contributed by atoms with van der Waals surface area (Å²) in [5.41, 5.74) is 12.9. The van der Waals surface area contributed by atoms with Crippen LogP contribution in [-0.4, -0.2) is 19.9 Å². The van der Waals surface area contributed by atoms with E-state index in [0.29, 0.717) is 0 Å². The van der Waals surface area contributed by atoms with Crippen LogP contribution in [0.3, 0.4) is 0 Å². The first-order valence-electron chi connectivity index (χ1n) is 16.9. The van der Waals surface area contributed by atoms with E-state index in [1.54, 1.807) is 6.20 Å². The van der Waals surface area contributed by atoms with Gasteiger partial charge < -0.3 is 9.97 Å². The first kappa shape index (κ1) is 34.3. The molecule has 9 rings (SSSR count). The Balaban J connectivity index is 0.000000275. The van der Waals surface area contributed by atoms with E-state index in [4.69, 9.17) is 4.98 Å². The van der Waals surface area contributed by atoms with Gasteiger partial charge in [-0.2, -0.15) is 0 Å². The van der Waals surface area contributed by atoms with Gasteiger partial charge in [0.1, 0.15) is 0 Å². The van der Waals surface area contributed by atoms with Crippen molar-refractivity contribution in [1.29, 1.82) is 0 Å². The van der Waals surface area contributed by atoms with Gasteiger partial charge in [0.15, 0.2) is 0 Å². The fourth-order valence-corrected chi connectivity index (χ4v) is 6.51. The van der Waals surface area contributed by atoms with Gasteiger partial charge in [0.25, 0.3) is 0 Å². The first-order valence-corrected chi connectivity index (χ1v) is 16.9. The molecule has 0 unspecified atom stereocenters. The number of hydrogen-bond acceptors (Lipinski definition) is 4. The molecule has 5 heteroatoms. The third-order valence-corrected chi connectivity index (χ3v) is 9.01. The zero-order chi connectivity index (χ0) is 34.4. The zero-order valence-corrected chi connectivity index (χ0v) is 30.8. The molecule has 5 aromatic carbocycles. The maximum absolute atomic E-state index is 4.73. The van der Waals surface area contributed by atoms with Gasteiger partial charge in [-0.3, -0.25) is 9.97 Å². The van der Waals surface area contributed by atoms with E-state index >= 15 is 0 Å². The first-order chi connectivity index (χ1) is 25.2. The largest absolute Gasteiger partial charge is 0.305 e. The van der Waals surface area contributed by atoms with Crippen LogP contribution < -0.4 is 0 Å². The Hall–Kier alpha value is -6.13. The molecule has 0 aliphatic carbocycles. The van der Waals surface area contributed by atoms with Crippen LogP contribution in [0.4, 0.5) is 0 Å². The molecule has 4 nitrogen and oxygen atoms in total. The molecule has 0 fully saturated rings. The second-order valence-corrected chi connectivity index (χ2v) is 12.1. The molecular formula is C47H32IrN4-2. The number of fused-ring (bicyclic) bond motifs is 3. The van der Waals surface area contributed by atoms with E-state index in [1.807, 2.05) is 104 Å². The number of hydrogen-bond donors (Lipinski definition) is 0. The number of rotatable bonds is 5. The van der Waals surface area contributed by atoms with E-state index < -0.39 is 0 Å². The molecule has 9 aromatic rings. The Kier molecular flexibility index (Phi) is 10.4. The molecule has 0 saturated carbocycles. The van der Waals surface area contributed by atoms with Gasteiger partial charge in [-0.15, -0.1) is 71.3 Å². The molecule has 1 radical (unpaired) electrons. The van der Waals surface area contributed by atoms with E-state index in [1.165, 1.54) is 33.0 Å². The van der Waals surface area contributed by atoms with Crippen molar-refractivity contribution >= 4 is 21.7 Å². The van der Waals surface area contributed by atoms with Gasteiger partial charge in [-0.1, -0.05) is 66.7 Å². The molecule has 0 aliphatic heterocycles. The Morgan fingerprint density at radius 2 is 1.08 bits per heavy atom. The second kappa shape index (κ2) is 15.8. The van der Waals surface area contributed by atoms with E-state index in [2.05, 4.69) is 101 Å². The summed E-state index contributed by atoms with van der Waals surface area (Å²) in [6.07, 6.45) is 7.31. The summed E-state index contributed by atoms with van der Waals surface area (Å²) in [7, 11) is 0. The molecular weight excluding hydrogens is 813 g/mol. The average molecular weight is 845 g/mol. The summed E-state index contributed by atoms with van der Waals surface area (Å²) in [5, 5.41) is 3.53. The topological polar surface area (TPSA) is 51.6 Å². The maximum atomic E-state index is 4.73. The predicted molar refractivity (Wildman–Crippen MR) is 209 cm³/mol. The van der Waals surface area contributed by atoms with Crippen molar-refractivity contribution in [3.63, 3.8) is 0 Å². The Morgan fingerprint density at radius 1 is 0.404 bits per heavy atom. The molecule has 0 aliphatic rings. The zero-order valence-electron chi connectivity index (χ0n) is 28.4. The number of pyridine rings is 4. The van der Waals surface area contributed by atoms with Crippen molar-refractivity contribution in [1.82, 2.24) is 19.9 Å². The standard InChI is InChI=1S/C36H24N3.C11H8N.Ir/c1-24-28(25-9-6-10-26(21-25)34-14-2-4-18-37-34)11-7-12-29(24)33-23-36-31(13-8-20-39-36)30-17-16-27(22-32(30)33)35-15-3-5-19-38-35;1-2-6-10(7-3-1)11-8-4-5-9-12-11;/h2-9,11-23H,1H3;1-6,8-9H;/q2*-1;. The van der Waals surface area contributed by atoms with Gasteiger partial charge in [0, 0.05) is 55.8 Å². The minimum absolute atomic E-state index is 0. The second-order valence-electron chi connectivity index (χ2n) is 12.1. The summed E-state index contributed by atoms with van der Waals surface area (Å²) < 4.78 is 0. The van der Waals surface area contributed by atoms with Crippen LogP contribution in [0.25, 0.3) is 77.7 Å². The smallest absolute Gasteiger partial charge is 0.0714 e. The number of aromatic nitrogens is 4. The minimum Gasteiger partial charge on any atom is -0.305 e. The van der Waals surface area contributed by atoms with Gasteiger partial charge in [0.05, 0.1) is 11.2 Å². The predicted octanol–water partition coefficient (Wildman–Crippen LogP) is 11.5. The Morgan fingerprint density at radius 3 is 1.79 bits per heavy atom. The van der Waals surface area contributed by atoms with Crippen molar-refractivity contribution in [3.05, 3.63) is 194 Å². The van der Waals surface area contributed by atoms with Gasteiger partial charge in [0.2, 0.25) is 0 Å². The molecule has 0 spiro atoms. The fourth-order valence-electron chi connectivity index (χ4n) is 6.51. The van der Waals surface area contributed by atoms with Crippen LogP contribution in [0.15, 0.2) is 176 Å². The summed E-state index contributed by atoms with van der Waals surface area (Å²) in [5.74, 6) is 0. The van der Waals surface area contributed by atoms with Gasteiger partial charge in [-0.05, 0) is 93.8 Å². The summed E-state index contributed by atoms with van der Waals surface area (Å²) in [6, 6.07) is 58.0. The molecule has 52 heavy (non-hydrogen) atoms. The van der Waals surface area contributed by atoms with Crippen molar-refractivity contribution in [2.24, 2.45) is 0 Å². The van der Waals surface area contributed by atoms with E-state index in [9.17, 15) is 0 Å². The van der Waals surface area contributed by atoms with Crippen LogP contribution in [0, 0.1) is 19.1 Å². The van der Waals surface area contributed by atoms with E-state index in [-0.39, 0.29) is 20.1 Å². The third kappa shape index (κ3) is 7.19. The summed E-state index contributed by atoms with van der Waals surface area (Å²) in [4.78, 5) is 18.1. The Labute approximate surface area is 317 Å². The minimum atomic E-state index is 0. The van der Waals surface area contributed by atoms with Crippen molar-refractivity contribution < 1.29 is 20.1 Å². The van der Waals surface area contributed by atoms with Gasteiger partial charge >= 0.3 is 0 Å². The summed E-state index contributed by atoms with van der Waals surface area (Å²) in [6.45, 7) is 2.21. The maximum Gasteiger partial charge on any atom is 0.0714 e. The molecule has 0 bridgehead atoms.